The second-order valence-corrected chi connectivity index (χ2v) is 5.71. The first-order valence-electron chi connectivity index (χ1n) is 4.80. The van der Waals surface area contributed by atoms with Gasteiger partial charge < -0.3 is 0 Å². The molecule has 0 spiro atoms. The molecular formula is C10H17N2O2S+. The predicted octanol–water partition coefficient (Wildman–Crippen LogP) is 0.540. The van der Waals surface area contributed by atoms with Crippen molar-refractivity contribution in [3.05, 3.63) is 24.4 Å². The Labute approximate surface area is 91.2 Å². The second kappa shape index (κ2) is 4.28. The quantitative estimate of drug-likeness (QED) is 0.710. The molecule has 0 fully saturated rings. The third-order valence-corrected chi connectivity index (χ3v) is 4.51. The molecule has 0 aliphatic rings. The van der Waals surface area contributed by atoms with Crippen molar-refractivity contribution in [3.8, 4) is 0 Å². The van der Waals surface area contributed by atoms with Crippen LogP contribution in [0, 0.1) is 0 Å². The summed E-state index contributed by atoms with van der Waals surface area (Å²) in [6.07, 6.45) is 1.72. The average Bonchev–Trinajstić information content (AvgIpc) is 2.16. The van der Waals surface area contributed by atoms with Crippen LogP contribution in [-0.4, -0.2) is 25.8 Å². The van der Waals surface area contributed by atoms with Crippen LogP contribution in [0.15, 0.2) is 29.4 Å². The van der Waals surface area contributed by atoms with Gasteiger partial charge in [-0.25, -0.2) is 8.42 Å². The molecule has 1 heterocycles. The minimum atomic E-state index is -3.37. The Morgan fingerprint density at radius 2 is 1.93 bits per heavy atom. The first kappa shape index (κ1) is 12.1. The molecule has 0 radical (unpaired) electrons. The maximum atomic E-state index is 12.1. The predicted molar refractivity (Wildman–Crippen MR) is 57.7 cm³/mol. The summed E-state index contributed by atoms with van der Waals surface area (Å²) in [7, 11) is -0.0591. The number of sulfonamides is 1. The Hall–Kier alpha value is -0.940. The molecule has 0 unspecified atom stereocenters. The molecular weight excluding hydrogens is 212 g/mol. The van der Waals surface area contributed by atoms with Crippen molar-refractivity contribution in [3.63, 3.8) is 0 Å². The third-order valence-electron chi connectivity index (χ3n) is 2.38. The fourth-order valence-electron chi connectivity index (χ4n) is 1.20. The number of hydrogen-bond acceptors (Lipinski definition) is 2. The molecule has 0 aliphatic heterocycles. The first-order chi connectivity index (χ1) is 6.87. The van der Waals surface area contributed by atoms with E-state index in [9.17, 15) is 8.42 Å². The normalized spacial score (nSPS) is 12.4. The summed E-state index contributed by atoms with van der Waals surface area (Å²) in [5.74, 6) is 0. The van der Waals surface area contributed by atoms with Gasteiger partial charge in [-0.1, -0.05) is 0 Å². The largest absolute Gasteiger partial charge is 0.312 e. The zero-order valence-electron chi connectivity index (χ0n) is 9.51. The molecule has 1 rings (SSSR count). The molecule has 5 heteroatoms. The van der Waals surface area contributed by atoms with Crippen LogP contribution in [0.1, 0.15) is 13.8 Å². The van der Waals surface area contributed by atoms with Gasteiger partial charge in [-0.3, -0.25) is 0 Å². The molecule has 0 saturated carbocycles. The van der Waals surface area contributed by atoms with Gasteiger partial charge in [0.15, 0.2) is 6.20 Å². The maximum absolute atomic E-state index is 12.1. The molecule has 0 saturated heterocycles. The summed E-state index contributed by atoms with van der Waals surface area (Å²) < 4.78 is 27.2. The maximum Gasteiger partial charge on any atom is 0.312 e. The van der Waals surface area contributed by atoms with Gasteiger partial charge in [-0.15, -0.1) is 0 Å². The van der Waals surface area contributed by atoms with Crippen molar-refractivity contribution in [1.82, 2.24) is 4.31 Å². The smallest absolute Gasteiger partial charge is 0.201 e. The lowest BCUT2D eigenvalue weighted by Gasteiger charge is -2.18. The molecule has 0 N–H and O–H groups in total. The van der Waals surface area contributed by atoms with E-state index in [-0.39, 0.29) is 6.04 Å². The number of aryl methyl sites for hydroxylation is 1. The monoisotopic (exact) mass is 229 g/mol. The van der Waals surface area contributed by atoms with E-state index < -0.39 is 10.0 Å². The Kier molecular flexibility index (Phi) is 3.46. The van der Waals surface area contributed by atoms with E-state index in [2.05, 4.69) is 0 Å². The summed E-state index contributed by atoms with van der Waals surface area (Å²) in [6.45, 7) is 3.70. The van der Waals surface area contributed by atoms with Crippen LogP contribution in [0.3, 0.4) is 0 Å². The molecule has 0 amide bonds. The van der Waals surface area contributed by atoms with E-state index in [0.717, 1.165) is 0 Å². The van der Waals surface area contributed by atoms with Crippen LogP contribution < -0.4 is 4.57 Å². The second-order valence-electron chi connectivity index (χ2n) is 3.76. The minimum Gasteiger partial charge on any atom is -0.201 e. The van der Waals surface area contributed by atoms with Crippen LogP contribution >= 0.6 is 0 Å². The van der Waals surface area contributed by atoms with Crippen molar-refractivity contribution < 1.29 is 13.0 Å². The lowest BCUT2D eigenvalue weighted by atomic mass is 10.4. The highest BCUT2D eigenvalue weighted by Gasteiger charge is 2.29. The van der Waals surface area contributed by atoms with E-state index in [1.165, 1.54) is 4.31 Å². The molecule has 0 aromatic carbocycles. The lowest BCUT2D eigenvalue weighted by molar-refractivity contribution is -0.710. The number of hydrogen-bond donors (Lipinski definition) is 0. The molecule has 0 atom stereocenters. The number of aromatic nitrogens is 1. The van der Waals surface area contributed by atoms with Crippen molar-refractivity contribution in [2.45, 2.75) is 24.9 Å². The van der Waals surface area contributed by atoms with Gasteiger partial charge in [0, 0.05) is 25.2 Å². The van der Waals surface area contributed by atoms with Crippen molar-refractivity contribution in [2.24, 2.45) is 7.05 Å². The lowest BCUT2D eigenvalue weighted by Crippen LogP contribution is -2.42. The Morgan fingerprint density at radius 3 is 2.40 bits per heavy atom. The summed E-state index contributed by atoms with van der Waals surface area (Å²) in [5, 5.41) is 0.307. The molecule has 4 nitrogen and oxygen atoms in total. The first-order valence-corrected chi connectivity index (χ1v) is 6.24. The highest BCUT2D eigenvalue weighted by Crippen LogP contribution is 2.11. The van der Waals surface area contributed by atoms with Crippen LogP contribution in [0.25, 0.3) is 0 Å². The molecule has 0 bridgehead atoms. The van der Waals surface area contributed by atoms with Crippen LogP contribution in [0.4, 0.5) is 0 Å². The average molecular weight is 229 g/mol. The minimum absolute atomic E-state index is 0.0461. The van der Waals surface area contributed by atoms with E-state index >= 15 is 0 Å². The summed E-state index contributed by atoms with van der Waals surface area (Å²) in [5.41, 5.74) is 0. The van der Waals surface area contributed by atoms with Gasteiger partial charge in [0.2, 0.25) is 0 Å². The van der Waals surface area contributed by atoms with Gasteiger partial charge in [-0.05, 0) is 19.9 Å². The zero-order chi connectivity index (χ0) is 11.6. The van der Waals surface area contributed by atoms with Gasteiger partial charge in [0.25, 0.3) is 0 Å². The van der Waals surface area contributed by atoms with Crippen molar-refractivity contribution in [2.75, 3.05) is 7.05 Å². The van der Waals surface area contributed by atoms with Gasteiger partial charge in [0.05, 0.1) is 0 Å². The topological polar surface area (TPSA) is 41.3 Å². The molecule has 0 aliphatic carbocycles. The van der Waals surface area contributed by atoms with Crippen molar-refractivity contribution in [1.29, 1.82) is 0 Å². The Bertz CT molecular complexity index is 440. The standard InChI is InChI=1S/C10H17N2O2S/c1-9(2)12(4)15(13,14)10-7-5-6-8-11(10)3/h5-9H,1-4H3/q+1. The fourth-order valence-corrected chi connectivity index (χ4v) is 2.73. The van der Waals surface area contributed by atoms with Gasteiger partial charge >= 0.3 is 15.0 Å². The van der Waals surface area contributed by atoms with Gasteiger partial charge in [-0.2, -0.15) is 8.87 Å². The number of pyridine rings is 1. The SMILES string of the molecule is CC(C)N(C)S(=O)(=O)c1cccc[n+]1C. The Balaban J connectivity index is 3.24. The molecule has 1 aromatic heterocycles. The van der Waals surface area contributed by atoms with Gasteiger partial charge in [0.1, 0.15) is 7.05 Å². The summed E-state index contributed by atoms with van der Waals surface area (Å²) in [6, 6.07) is 5.08. The summed E-state index contributed by atoms with van der Waals surface area (Å²) >= 11 is 0. The zero-order valence-corrected chi connectivity index (χ0v) is 10.3. The van der Waals surface area contributed by atoms with Crippen LogP contribution in [0.5, 0.6) is 0 Å². The summed E-state index contributed by atoms with van der Waals surface area (Å²) in [4.78, 5) is 0. The van der Waals surface area contributed by atoms with E-state index in [4.69, 9.17) is 0 Å². The van der Waals surface area contributed by atoms with Crippen LogP contribution in [0.2, 0.25) is 0 Å². The van der Waals surface area contributed by atoms with E-state index in [0.29, 0.717) is 5.03 Å². The van der Waals surface area contributed by atoms with E-state index in [1.54, 1.807) is 43.1 Å². The fraction of sp³-hybridized carbons (Fsp3) is 0.500. The highest BCUT2D eigenvalue weighted by molar-refractivity contribution is 7.88. The van der Waals surface area contributed by atoms with Crippen molar-refractivity contribution >= 4 is 10.0 Å². The molecule has 15 heavy (non-hydrogen) atoms. The van der Waals surface area contributed by atoms with Crippen LogP contribution in [-0.2, 0) is 17.1 Å². The third kappa shape index (κ3) is 2.35. The van der Waals surface area contributed by atoms with E-state index in [1.807, 2.05) is 13.8 Å². The number of rotatable bonds is 3. The molecule has 84 valence electrons. The Morgan fingerprint density at radius 1 is 1.33 bits per heavy atom. The number of nitrogens with zero attached hydrogens (tertiary/aromatic N) is 2. The molecule has 1 aromatic rings. The highest BCUT2D eigenvalue weighted by atomic mass is 32.2.